The van der Waals surface area contributed by atoms with Gasteiger partial charge in [0.05, 0.1) is 0 Å². The maximum atomic E-state index is 12.0. The summed E-state index contributed by atoms with van der Waals surface area (Å²) in [5.41, 5.74) is 4.76. The van der Waals surface area contributed by atoms with Gasteiger partial charge in [-0.1, -0.05) is 6.92 Å². The molecule has 6 nitrogen and oxygen atoms in total. The van der Waals surface area contributed by atoms with Gasteiger partial charge < -0.3 is 5.73 Å². The van der Waals surface area contributed by atoms with Crippen LogP contribution in [0.15, 0.2) is 0 Å². The van der Waals surface area contributed by atoms with Crippen molar-refractivity contribution in [2.24, 2.45) is 5.73 Å². The SMILES string of the molecule is CCCN(C(C)(C)CN)S(=O)(=O)CS(C)(=O)=O. The molecule has 0 aliphatic heterocycles. The molecule has 0 atom stereocenters. The van der Waals surface area contributed by atoms with Crippen molar-refractivity contribution in [3.63, 3.8) is 0 Å². The third-order valence-corrected chi connectivity index (χ3v) is 6.55. The van der Waals surface area contributed by atoms with Gasteiger partial charge >= 0.3 is 0 Å². The summed E-state index contributed by atoms with van der Waals surface area (Å²) in [6.45, 7) is 5.60. The first kappa shape index (κ1) is 16.8. The molecule has 104 valence electrons. The lowest BCUT2D eigenvalue weighted by Crippen LogP contribution is -2.53. The van der Waals surface area contributed by atoms with E-state index in [9.17, 15) is 16.8 Å². The van der Waals surface area contributed by atoms with Crippen molar-refractivity contribution in [3.8, 4) is 0 Å². The summed E-state index contributed by atoms with van der Waals surface area (Å²) in [5.74, 6) is 0. The highest BCUT2D eigenvalue weighted by molar-refractivity contribution is 8.06. The lowest BCUT2D eigenvalue weighted by atomic mass is 10.1. The molecule has 0 radical (unpaired) electrons. The molecule has 8 heteroatoms. The first-order chi connectivity index (χ1) is 7.46. The third kappa shape index (κ3) is 5.33. The maximum Gasteiger partial charge on any atom is 0.229 e. The van der Waals surface area contributed by atoms with E-state index >= 15 is 0 Å². The van der Waals surface area contributed by atoms with Crippen molar-refractivity contribution >= 4 is 19.9 Å². The fourth-order valence-corrected chi connectivity index (χ4v) is 5.42. The van der Waals surface area contributed by atoms with Gasteiger partial charge in [0.15, 0.2) is 14.9 Å². The minimum absolute atomic E-state index is 0.135. The Labute approximate surface area is 104 Å². The molecule has 0 fully saturated rings. The lowest BCUT2D eigenvalue weighted by molar-refractivity contribution is 0.236. The molecule has 0 aromatic rings. The summed E-state index contributed by atoms with van der Waals surface area (Å²) in [7, 11) is -7.43. The van der Waals surface area contributed by atoms with Gasteiger partial charge in [-0.05, 0) is 20.3 Å². The molecule has 2 N–H and O–H groups in total. The molecule has 0 amide bonds. The molecular weight excluding hydrogens is 264 g/mol. The normalized spacial score (nSPS) is 14.2. The molecule has 0 saturated carbocycles. The summed E-state index contributed by atoms with van der Waals surface area (Å²) >= 11 is 0. The van der Waals surface area contributed by atoms with Crippen LogP contribution in [0.2, 0.25) is 0 Å². The van der Waals surface area contributed by atoms with Gasteiger partial charge in [-0.2, -0.15) is 4.31 Å². The molecule has 0 saturated heterocycles. The average Bonchev–Trinajstić information content (AvgIpc) is 2.09. The second-order valence-corrected chi connectivity index (χ2v) is 9.14. The van der Waals surface area contributed by atoms with Gasteiger partial charge in [0.1, 0.15) is 0 Å². The predicted molar refractivity (Wildman–Crippen MR) is 68.8 cm³/mol. The van der Waals surface area contributed by atoms with Crippen molar-refractivity contribution in [2.45, 2.75) is 32.7 Å². The van der Waals surface area contributed by atoms with E-state index in [0.717, 1.165) is 6.26 Å². The van der Waals surface area contributed by atoms with E-state index in [1.54, 1.807) is 13.8 Å². The van der Waals surface area contributed by atoms with Crippen LogP contribution in [0.3, 0.4) is 0 Å². The number of hydrogen-bond donors (Lipinski definition) is 1. The van der Waals surface area contributed by atoms with Gasteiger partial charge in [0.25, 0.3) is 0 Å². The average molecular weight is 286 g/mol. The Morgan fingerprint density at radius 1 is 1.18 bits per heavy atom. The number of hydrogen-bond acceptors (Lipinski definition) is 5. The number of nitrogens with zero attached hydrogens (tertiary/aromatic N) is 1. The molecule has 0 aliphatic carbocycles. The Kier molecular flexibility index (Phi) is 5.58. The smallest absolute Gasteiger partial charge is 0.229 e. The standard InChI is InChI=1S/C9H22N2O4S2/c1-5-6-11(9(2,3)7-10)17(14,15)8-16(4,12)13/h5-8,10H2,1-4H3. The zero-order valence-corrected chi connectivity index (χ0v) is 12.4. The highest BCUT2D eigenvalue weighted by Crippen LogP contribution is 2.19. The Morgan fingerprint density at radius 3 is 1.94 bits per heavy atom. The van der Waals surface area contributed by atoms with E-state index in [1.165, 1.54) is 4.31 Å². The van der Waals surface area contributed by atoms with Crippen LogP contribution in [0.5, 0.6) is 0 Å². The molecule has 0 spiro atoms. The third-order valence-electron chi connectivity index (χ3n) is 2.30. The molecule has 0 bridgehead atoms. The summed E-state index contributed by atoms with van der Waals surface area (Å²) in [6.07, 6.45) is 1.51. The maximum absolute atomic E-state index is 12.0. The van der Waals surface area contributed by atoms with Crippen LogP contribution in [0.1, 0.15) is 27.2 Å². The van der Waals surface area contributed by atoms with Gasteiger partial charge in [0.2, 0.25) is 10.0 Å². The number of rotatable bonds is 7. The molecule has 17 heavy (non-hydrogen) atoms. The van der Waals surface area contributed by atoms with Crippen molar-refractivity contribution in [2.75, 3.05) is 24.4 Å². The Bertz CT molecular complexity index is 440. The minimum atomic E-state index is -3.85. The Hall–Kier alpha value is -0.180. The molecule has 0 unspecified atom stereocenters. The minimum Gasteiger partial charge on any atom is -0.329 e. The predicted octanol–water partition coefficient (Wildman–Crippen LogP) is -0.232. The second-order valence-electron chi connectivity index (χ2n) is 4.74. The summed E-state index contributed by atoms with van der Waals surface area (Å²) in [6, 6.07) is 0. The molecule has 0 aliphatic rings. The highest BCUT2D eigenvalue weighted by atomic mass is 32.3. The Morgan fingerprint density at radius 2 is 1.65 bits per heavy atom. The van der Waals surface area contributed by atoms with E-state index in [2.05, 4.69) is 0 Å². The molecule has 0 aromatic carbocycles. The topological polar surface area (TPSA) is 97.5 Å². The van der Waals surface area contributed by atoms with Crippen molar-refractivity contribution in [3.05, 3.63) is 0 Å². The number of sulfone groups is 1. The molecule has 0 aromatic heterocycles. The van der Waals surface area contributed by atoms with E-state index < -0.39 is 30.5 Å². The fourth-order valence-electron chi connectivity index (χ4n) is 1.46. The molecule has 0 heterocycles. The number of sulfonamides is 1. The first-order valence-corrected chi connectivity index (χ1v) is 9.01. The van der Waals surface area contributed by atoms with Crippen LogP contribution in [0, 0.1) is 0 Å². The number of nitrogens with two attached hydrogens (primary N) is 1. The van der Waals surface area contributed by atoms with Crippen LogP contribution in [0.4, 0.5) is 0 Å². The first-order valence-electron chi connectivity index (χ1n) is 5.34. The van der Waals surface area contributed by atoms with Crippen LogP contribution in [-0.2, 0) is 19.9 Å². The van der Waals surface area contributed by atoms with Gasteiger partial charge in [-0.3, -0.25) is 0 Å². The fraction of sp³-hybridized carbons (Fsp3) is 1.00. The molecule has 0 rings (SSSR count). The van der Waals surface area contributed by atoms with Gasteiger partial charge in [-0.25, -0.2) is 16.8 Å². The molecular formula is C9H22N2O4S2. The summed E-state index contributed by atoms with van der Waals surface area (Å²) < 4.78 is 47.5. The summed E-state index contributed by atoms with van der Waals surface area (Å²) in [4.78, 5) is 0. The van der Waals surface area contributed by atoms with Gasteiger partial charge in [0, 0.05) is 24.9 Å². The van der Waals surface area contributed by atoms with E-state index in [4.69, 9.17) is 5.73 Å². The van der Waals surface area contributed by atoms with Crippen LogP contribution in [0.25, 0.3) is 0 Å². The van der Waals surface area contributed by atoms with Gasteiger partial charge in [-0.15, -0.1) is 0 Å². The highest BCUT2D eigenvalue weighted by Gasteiger charge is 2.36. The van der Waals surface area contributed by atoms with Crippen molar-refractivity contribution < 1.29 is 16.8 Å². The zero-order chi connectivity index (χ0) is 13.9. The Balaban J connectivity index is 5.34. The van der Waals surface area contributed by atoms with Crippen molar-refractivity contribution in [1.82, 2.24) is 4.31 Å². The summed E-state index contributed by atoms with van der Waals surface area (Å²) in [5, 5.41) is -0.872. The van der Waals surface area contributed by atoms with E-state index in [0.29, 0.717) is 6.42 Å². The van der Waals surface area contributed by atoms with Crippen molar-refractivity contribution in [1.29, 1.82) is 0 Å². The lowest BCUT2D eigenvalue weighted by Gasteiger charge is -2.36. The van der Waals surface area contributed by atoms with Crippen LogP contribution >= 0.6 is 0 Å². The van der Waals surface area contributed by atoms with E-state index in [-0.39, 0.29) is 13.1 Å². The second kappa shape index (κ2) is 5.64. The van der Waals surface area contributed by atoms with Crippen LogP contribution in [-0.4, -0.2) is 51.1 Å². The monoisotopic (exact) mass is 286 g/mol. The quantitative estimate of drug-likeness (QED) is 0.697. The zero-order valence-electron chi connectivity index (χ0n) is 10.8. The van der Waals surface area contributed by atoms with Crippen LogP contribution < -0.4 is 5.73 Å². The largest absolute Gasteiger partial charge is 0.329 e. The van der Waals surface area contributed by atoms with E-state index in [1.807, 2.05) is 6.92 Å².